The van der Waals surface area contributed by atoms with Crippen LogP contribution in [0.4, 0.5) is 8.39 Å². The molecule has 18 nitrogen and oxygen atoms in total. The van der Waals surface area contributed by atoms with Crippen molar-refractivity contribution in [2.24, 2.45) is 18.1 Å². The summed E-state index contributed by atoms with van der Waals surface area (Å²) in [6.07, 6.45) is 0. The molecule has 0 aliphatic heterocycles. The van der Waals surface area contributed by atoms with E-state index in [9.17, 15) is 4.57 Å². The van der Waals surface area contributed by atoms with Crippen LogP contribution in [0.25, 0.3) is 0 Å². The van der Waals surface area contributed by atoms with Gasteiger partial charge in [-0.15, -0.1) is 0 Å². The molecule has 0 saturated carbocycles. The van der Waals surface area contributed by atoms with E-state index in [2.05, 4.69) is 0 Å². The Morgan fingerprint density at radius 1 is 0.340 bits per heavy atom. The Bertz CT molecular complexity index is 1130. The molecule has 0 bridgehead atoms. The van der Waals surface area contributed by atoms with Crippen LogP contribution in [0.5, 0.6) is 0 Å². The Labute approximate surface area is 305 Å². The maximum absolute atomic E-state index is 16.2. The van der Waals surface area contributed by atoms with Crippen molar-refractivity contribution >= 4 is 45.4 Å². The van der Waals surface area contributed by atoms with Crippen molar-refractivity contribution in [3.8, 4) is 0 Å². The van der Waals surface area contributed by atoms with Gasteiger partial charge in [0.15, 0.2) is 0 Å². The van der Waals surface area contributed by atoms with Gasteiger partial charge in [-0.2, -0.15) is 0 Å². The van der Waals surface area contributed by atoms with Gasteiger partial charge in [0.1, 0.15) is 0 Å². The number of rotatable bonds is 18. The Morgan fingerprint density at radius 2 is 0.460 bits per heavy atom. The average Bonchev–Trinajstić information content (AvgIpc) is 2.89. The average molecular weight is 841 g/mol. The van der Waals surface area contributed by atoms with Crippen LogP contribution in [0.15, 0.2) is 18.1 Å². The monoisotopic (exact) mass is 840 g/mol. The van der Waals surface area contributed by atoms with Crippen molar-refractivity contribution in [3.05, 3.63) is 0 Å². The third-order valence-electron chi connectivity index (χ3n) is 7.79. The Morgan fingerprint density at radius 3 is 0.540 bits per heavy atom. The number of halogens is 2. The quantitative estimate of drug-likeness (QED) is 0.136. The third kappa shape index (κ3) is 9.65. The number of nitrogens with zero attached hydrogens (tertiary/aromatic N) is 16. The molecule has 0 heterocycles. The molecule has 0 radical (unpaired) electrons. The van der Waals surface area contributed by atoms with E-state index < -0.39 is 45.4 Å². The van der Waals surface area contributed by atoms with Gasteiger partial charge in [-0.25, -0.2) is 0 Å². The first-order chi connectivity index (χ1) is 22.2. The van der Waals surface area contributed by atoms with E-state index in [-0.39, 0.29) is 0 Å². The molecule has 0 spiro atoms. The Balaban J connectivity index is 11.4. The molecule has 0 unspecified atom stereocenters. The van der Waals surface area contributed by atoms with E-state index in [4.69, 9.17) is 22.4 Å². The molecule has 0 aromatic carbocycles. The van der Waals surface area contributed by atoms with Crippen molar-refractivity contribution in [1.29, 1.82) is 0 Å². The first kappa shape index (κ1) is 50.9. The molecule has 0 aromatic heterocycles. The van der Waals surface area contributed by atoms with E-state index in [0.29, 0.717) is 0 Å². The van der Waals surface area contributed by atoms with E-state index in [0.717, 1.165) is 0 Å². The number of hydrogen-bond donors (Lipinski definition) is 0. The second kappa shape index (κ2) is 17.8. The molecular weight excluding hydrogens is 768 g/mol. The van der Waals surface area contributed by atoms with E-state index in [1.54, 1.807) is 0 Å². The number of hydrogen-bond acceptors (Lipinski definition) is 6. The van der Waals surface area contributed by atoms with Gasteiger partial charge in [-0.3, -0.25) is 0 Å². The summed E-state index contributed by atoms with van der Waals surface area (Å²) < 4.78 is 97.1. The molecule has 0 atom stereocenters. The molecule has 0 saturated heterocycles. The normalized spacial score (nSPS) is 15.8. The maximum atomic E-state index is 16.2. The second-order valence-corrected chi connectivity index (χ2v) is 34.0. The minimum absolute atomic E-state index is 1.83. The van der Waals surface area contributed by atoms with E-state index >= 15 is 8.39 Å². The van der Waals surface area contributed by atoms with Crippen LogP contribution in [-0.2, 0) is 8.88 Å². The zero-order valence-corrected chi connectivity index (χ0v) is 40.8. The van der Waals surface area contributed by atoms with Crippen molar-refractivity contribution in [2.45, 2.75) is 0 Å². The van der Waals surface area contributed by atoms with Crippen LogP contribution in [0.3, 0.4) is 0 Å². The molecule has 0 N–H and O–H groups in total. The fourth-order valence-electron chi connectivity index (χ4n) is 6.44. The van der Waals surface area contributed by atoms with Gasteiger partial charge in [-0.05, 0) is 0 Å². The van der Waals surface area contributed by atoms with Crippen molar-refractivity contribution in [1.82, 2.24) is 56.0 Å². The topological polar surface area (TPSA) is 115 Å². The van der Waals surface area contributed by atoms with Crippen molar-refractivity contribution in [3.63, 3.8) is 0 Å². The van der Waals surface area contributed by atoms with Gasteiger partial charge in [0, 0.05) is 0 Å². The van der Waals surface area contributed by atoms with Crippen molar-refractivity contribution < 1.29 is 17.3 Å². The molecule has 26 heteroatoms. The van der Waals surface area contributed by atoms with Gasteiger partial charge in [0.2, 0.25) is 0 Å². The van der Waals surface area contributed by atoms with Gasteiger partial charge in [0.25, 0.3) is 0 Å². The summed E-state index contributed by atoms with van der Waals surface area (Å²) in [4.78, 5) is 0. The minimum atomic E-state index is -6.53. The van der Waals surface area contributed by atoms with E-state index in [1.165, 1.54) is 0 Å². The van der Waals surface area contributed by atoms with Crippen molar-refractivity contribution in [2.75, 3.05) is 169 Å². The van der Waals surface area contributed by atoms with Crippen LogP contribution in [-0.4, -0.2) is 225 Å². The van der Waals surface area contributed by atoms with Gasteiger partial charge < -0.3 is 0 Å². The van der Waals surface area contributed by atoms with Crippen LogP contribution in [0.2, 0.25) is 0 Å². The predicted molar refractivity (Wildman–Crippen MR) is 219 cm³/mol. The fraction of sp³-hybridized carbons (Fsp3) is 1.00. The third-order valence-corrected chi connectivity index (χ3v) is 31.4. The predicted octanol–water partition coefficient (Wildman–Crippen LogP) is 6.70. The molecule has 0 rings (SSSR count). The Kier molecular flexibility index (Phi) is 18.1. The SMILES string of the molecule is CN(C)P(=NP(N=P(N(C)C)(N(C)C)N(C)C)(N=P(N(C)C)(N(C)C)N(C)C)(N=P(N(C)C)(N(C)C)N(C)C)OP(=O)(F)F)(N(C)C)N(C)C. The summed E-state index contributed by atoms with van der Waals surface area (Å²) in [7, 11) is 18.0. The molecule has 0 aromatic rings. The molecule has 0 amide bonds. The summed E-state index contributed by atoms with van der Waals surface area (Å²) in [6.45, 7) is 0. The van der Waals surface area contributed by atoms with Crippen LogP contribution < -0.4 is 0 Å². The second-order valence-electron chi connectivity index (χ2n) is 14.0. The molecule has 0 aliphatic carbocycles. The zero-order chi connectivity index (χ0) is 40.4. The summed E-state index contributed by atoms with van der Waals surface area (Å²) in [6, 6.07) is 0. The standard InChI is InChI=1S/C24H72F2N16O2P6/c1-31(2)46(32(3)4,33(5)6)27-50(44-45(25,26)43,28-47(34(7)8,35(9)10)36(11)12,29-48(37(13)14,38(15)16)39(17)18)30-49(40(19)20,41(21)22)42(23)24/h1-24H3. The van der Waals surface area contributed by atoms with E-state index in [1.807, 2.05) is 225 Å². The summed E-state index contributed by atoms with van der Waals surface area (Å²) in [5.41, 5.74) is 0. The summed E-state index contributed by atoms with van der Waals surface area (Å²) >= 11 is 0. The first-order valence-corrected chi connectivity index (χ1v) is 25.4. The molecular formula is C24H72F2N16O2P6. The Hall–Kier alpha value is 0.920. The van der Waals surface area contributed by atoms with Crippen LogP contribution in [0, 0.1) is 0 Å². The zero-order valence-electron chi connectivity index (χ0n) is 35.4. The molecule has 0 aliphatic rings. The van der Waals surface area contributed by atoms with Gasteiger partial charge in [0.05, 0.1) is 0 Å². The molecule has 0 fully saturated rings. The van der Waals surface area contributed by atoms with Gasteiger partial charge in [-0.1, -0.05) is 0 Å². The van der Waals surface area contributed by atoms with Crippen LogP contribution in [0.1, 0.15) is 0 Å². The van der Waals surface area contributed by atoms with Gasteiger partial charge >= 0.3 is 306 Å². The fourth-order valence-corrected chi connectivity index (χ4v) is 35.3. The summed E-state index contributed by atoms with van der Waals surface area (Å²) in [5.74, 6) is 0. The summed E-state index contributed by atoms with van der Waals surface area (Å²) in [5, 5.41) is 0. The molecule has 50 heavy (non-hydrogen) atoms. The molecule has 304 valence electrons. The first-order valence-electron chi connectivity index (χ1n) is 15.6. The van der Waals surface area contributed by atoms with Crippen LogP contribution >= 0.6 is 45.4 Å².